The maximum absolute atomic E-state index is 12.2. The minimum absolute atomic E-state index is 0.0659. The van der Waals surface area contributed by atoms with E-state index in [1.807, 2.05) is 13.8 Å². The summed E-state index contributed by atoms with van der Waals surface area (Å²) in [6.45, 7) is 3.83. The number of hydrogen-bond acceptors (Lipinski definition) is 3. The van der Waals surface area contributed by atoms with Crippen molar-refractivity contribution in [2.75, 3.05) is 0 Å². The molecule has 0 aliphatic rings. The maximum Gasteiger partial charge on any atom is 0.307 e. The molecule has 7 heteroatoms. The van der Waals surface area contributed by atoms with Crippen LogP contribution in [0.4, 0.5) is 0 Å². The molecule has 0 saturated heterocycles. The molecule has 0 fully saturated rings. The van der Waals surface area contributed by atoms with E-state index >= 15 is 0 Å². The number of rotatable bonds is 3. The zero-order valence-electron chi connectivity index (χ0n) is 10.7. The minimum atomic E-state index is -0.336. The summed E-state index contributed by atoms with van der Waals surface area (Å²) in [5, 5.41) is 4.44. The third-order valence-electron chi connectivity index (χ3n) is 2.61. The standard InChI is InChI=1S/C13H11BrCl2N2O2/c1-7(2)9-3-4-17-18(13(9)19)20-12-10(15)5-8(14)6-11(12)16/h3-7H,1-2H3. The molecule has 0 spiro atoms. The molecule has 0 aliphatic carbocycles. The van der Waals surface area contributed by atoms with Gasteiger partial charge < -0.3 is 4.84 Å². The SMILES string of the molecule is CC(C)c1ccnn(Oc2c(Cl)cc(Br)cc2Cl)c1=O. The number of nitrogens with zero attached hydrogens (tertiary/aromatic N) is 2. The van der Waals surface area contributed by atoms with Gasteiger partial charge in [-0.3, -0.25) is 4.79 Å². The molecule has 4 nitrogen and oxygen atoms in total. The highest BCUT2D eigenvalue weighted by Gasteiger charge is 2.14. The van der Waals surface area contributed by atoms with Gasteiger partial charge in [-0.25, -0.2) is 0 Å². The quantitative estimate of drug-likeness (QED) is 0.801. The van der Waals surface area contributed by atoms with Gasteiger partial charge in [-0.05, 0) is 24.1 Å². The van der Waals surface area contributed by atoms with Gasteiger partial charge in [-0.2, -0.15) is 0 Å². The van der Waals surface area contributed by atoms with Gasteiger partial charge in [0.1, 0.15) is 0 Å². The molecular formula is C13H11BrCl2N2O2. The Morgan fingerprint density at radius 1 is 1.30 bits per heavy atom. The highest BCUT2D eigenvalue weighted by molar-refractivity contribution is 9.10. The van der Waals surface area contributed by atoms with E-state index in [1.165, 1.54) is 6.20 Å². The highest BCUT2D eigenvalue weighted by atomic mass is 79.9. The first kappa shape index (κ1) is 15.4. The molecule has 1 aromatic carbocycles. The van der Waals surface area contributed by atoms with Crippen molar-refractivity contribution in [1.29, 1.82) is 0 Å². The first-order valence-electron chi connectivity index (χ1n) is 5.81. The number of benzene rings is 1. The first-order chi connectivity index (χ1) is 9.40. The lowest BCUT2D eigenvalue weighted by molar-refractivity contribution is 0.163. The average Bonchev–Trinajstić information content (AvgIpc) is 2.35. The molecule has 0 aliphatic heterocycles. The Kier molecular flexibility index (Phi) is 4.73. The predicted molar refractivity (Wildman–Crippen MR) is 82.8 cm³/mol. The summed E-state index contributed by atoms with van der Waals surface area (Å²) in [5.74, 6) is 0.253. The van der Waals surface area contributed by atoms with Crippen molar-refractivity contribution in [2.24, 2.45) is 0 Å². The molecule has 0 amide bonds. The molecule has 106 valence electrons. The fraction of sp³-hybridized carbons (Fsp3) is 0.231. The molecule has 0 atom stereocenters. The fourth-order valence-electron chi connectivity index (χ4n) is 1.62. The average molecular weight is 378 g/mol. The summed E-state index contributed by atoms with van der Waals surface area (Å²) < 4.78 is 0.719. The molecular weight excluding hydrogens is 367 g/mol. The van der Waals surface area contributed by atoms with E-state index in [9.17, 15) is 4.79 Å². The van der Waals surface area contributed by atoms with Crippen molar-refractivity contribution in [2.45, 2.75) is 19.8 Å². The van der Waals surface area contributed by atoms with Gasteiger partial charge in [0.05, 0.1) is 16.2 Å². The summed E-state index contributed by atoms with van der Waals surface area (Å²) in [4.78, 5) is 18.5. The summed E-state index contributed by atoms with van der Waals surface area (Å²) in [6, 6.07) is 4.91. The molecule has 20 heavy (non-hydrogen) atoms. The lowest BCUT2D eigenvalue weighted by atomic mass is 10.1. The molecule has 1 aromatic heterocycles. The third kappa shape index (κ3) is 3.16. The van der Waals surface area contributed by atoms with Gasteiger partial charge >= 0.3 is 5.56 Å². The van der Waals surface area contributed by atoms with Crippen LogP contribution < -0.4 is 10.4 Å². The van der Waals surface area contributed by atoms with Crippen molar-refractivity contribution >= 4 is 39.1 Å². The number of halogens is 3. The maximum atomic E-state index is 12.2. The highest BCUT2D eigenvalue weighted by Crippen LogP contribution is 2.35. The Balaban J connectivity index is 2.46. The van der Waals surface area contributed by atoms with Crippen LogP contribution in [0.25, 0.3) is 0 Å². The fourth-order valence-corrected chi connectivity index (χ4v) is 2.89. The third-order valence-corrected chi connectivity index (χ3v) is 3.63. The Bertz CT molecular complexity index is 678. The topological polar surface area (TPSA) is 44.1 Å². The van der Waals surface area contributed by atoms with Crippen molar-refractivity contribution in [3.05, 3.63) is 54.8 Å². The van der Waals surface area contributed by atoms with E-state index < -0.39 is 0 Å². The van der Waals surface area contributed by atoms with Gasteiger partial charge in [0.15, 0.2) is 5.75 Å². The Morgan fingerprint density at radius 3 is 2.45 bits per heavy atom. The summed E-state index contributed by atoms with van der Waals surface area (Å²) in [7, 11) is 0. The molecule has 0 bridgehead atoms. The van der Waals surface area contributed by atoms with Crippen LogP contribution in [0.3, 0.4) is 0 Å². The summed E-state index contributed by atoms with van der Waals surface area (Å²) in [6.07, 6.45) is 1.50. The van der Waals surface area contributed by atoms with Crippen LogP contribution >= 0.6 is 39.1 Å². The van der Waals surface area contributed by atoms with E-state index in [0.717, 1.165) is 9.32 Å². The van der Waals surface area contributed by atoms with Crippen molar-refractivity contribution in [3.63, 3.8) is 0 Å². The van der Waals surface area contributed by atoms with E-state index in [2.05, 4.69) is 21.0 Å². The zero-order chi connectivity index (χ0) is 14.9. The Labute approximate surface area is 134 Å². The summed E-state index contributed by atoms with van der Waals surface area (Å²) >= 11 is 15.4. The largest absolute Gasteiger partial charge is 0.351 e. The van der Waals surface area contributed by atoms with Gasteiger partial charge in [-0.1, -0.05) is 57.8 Å². The van der Waals surface area contributed by atoms with Gasteiger partial charge in [0.25, 0.3) is 0 Å². The first-order valence-corrected chi connectivity index (χ1v) is 7.36. The lowest BCUT2D eigenvalue weighted by Crippen LogP contribution is -2.29. The second kappa shape index (κ2) is 6.16. The monoisotopic (exact) mass is 376 g/mol. The van der Waals surface area contributed by atoms with Crippen molar-refractivity contribution in [1.82, 2.24) is 9.94 Å². The second-order valence-corrected chi connectivity index (χ2v) is 6.14. The van der Waals surface area contributed by atoms with Crippen LogP contribution in [-0.4, -0.2) is 9.94 Å². The molecule has 0 radical (unpaired) electrons. The normalized spacial score (nSPS) is 10.9. The van der Waals surface area contributed by atoms with Crippen LogP contribution in [0.2, 0.25) is 10.0 Å². The Morgan fingerprint density at radius 2 is 1.90 bits per heavy atom. The molecule has 1 heterocycles. The van der Waals surface area contributed by atoms with E-state index in [4.69, 9.17) is 28.0 Å². The second-order valence-electron chi connectivity index (χ2n) is 4.41. The minimum Gasteiger partial charge on any atom is -0.351 e. The molecule has 0 unspecified atom stereocenters. The van der Waals surface area contributed by atoms with Crippen LogP contribution in [0, 0.1) is 0 Å². The van der Waals surface area contributed by atoms with E-state index in [-0.39, 0.29) is 27.3 Å². The van der Waals surface area contributed by atoms with Crippen LogP contribution in [0.5, 0.6) is 5.75 Å². The zero-order valence-corrected chi connectivity index (χ0v) is 13.8. The van der Waals surface area contributed by atoms with Crippen LogP contribution in [0.15, 0.2) is 33.7 Å². The molecule has 0 N–H and O–H groups in total. The predicted octanol–water partition coefficient (Wildman–Crippen LogP) is 4.28. The van der Waals surface area contributed by atoms with Crippen LogP contribution in [-0.2, 0) is 0 Å². The molecule has 2 rings (SSSR count). The van der Waals surface area contributed by atoms with Crippen LogP contribution in [0.1, 0.15) is 25.3 Å². The van der Waals surface area contributed by atoms with Crippen molar-refractivity contribution < 1.29 is 4.84 Å². The van der Waals surface area contributed by atoms with E-state index in [0.29, 0.717) is 5.56 Å². The molecule has 2 aromatic rings. The van der Waals surface area contributed by atoms with Gasteiger partial charge in [-0.15, -0.1) is 5.10 Å². The van der Waals surface area contributed by atoms with Gasteiger partial charge in [0, 0.05) is 10.0 Å². The van der Waals surface area contributed by atoms with Gasteiger partial charge in [0.2, 0.25) is 0 Å². The van der Waals surface area contributed by atoms with Crippen molar-refractivity contribution in [3.8, 4) is 5.75 Å². The van der Waals surface area contributed by atoms with E-state index in [1.54, 1.807) is 18.2 Å². The number of aromatic nitrogens is 2. The summed E-state index contributed by atoms with van der Waals surface area (Å²) in [5.41, 5.74) is 0.266. The Hall–Kier alpha value is -1.04. The molecule has 0 saturated carbocycles. The lowest BCUT2D eigenvalue weighted by Gasteiger charge is -2.11. The smallest absolute Gasteiger partial charge is 0.307 e. The number of hydrogen-bond donors (Lipinski definition) is 0.